The fraction of sp³-hybridized carbons (Fsp3) is 0.500. The zero-order valence-corrected chi connectivity index (χ0v) is 10.7. The van der Waals surface area contributed by atoms with Gasteiger partial charge in [0, 0.05) is 38.2 Å². The molecule has 0 unspecified atom stereocenters. The molecular formula is C14H18N2O2. The minimum atomic E-state index is 0.151. The summed E-state index contributed by atoms with van der Waals surface area (Å²) >= 11 is 0. The van der Waals surface area contributed by atoms with Crippen molar-refractivity contribution in [2.45, 2.75) is 6.42 Å². The Morgan fingerprint density at radius 2 is 2.00 bits per heavy atom. The van der Waals surface area contributed by atoms with Gasteiger partial charge >= 0.3 is 0 Å². The van der Waals surface area contributed by atoms with Crippen molar-refractivity contribution in [3.8, 4) is 5.75 Å². The first kappa shape index (κ1) is 11.5. The van der Waals surface area contributed by atoms with E-state index in [0.29, 0.717) is 0 Å². The number of carbonyl (C=O) groups is 1. The Bertz CT molecular complexity index is 465. The van der Waals surface area contributed by atoms with E-state index in [1.54, 1.807) is 0 Å². The lowest BCUT2D eigenvalue weighted by Gasteiger charge is -2.32. The van der Waals surface area contributed by atoms with Crippen molar-refractivity contribution in [3.63, 3.8) is 0 Å². The third-order valence-electron chi connectivity index (χ3n) is 3.73. The molecule has 0 radical (unpaired) electrons. The third kappa shape index (κ3) is 2.08. The third-order valence-corrected chi connectivity index (χ3v) is 3.73. The van der Waals surface area contributed by atoms with Gasteiger partial charge < -0.3 is 14.5 Å². The number of rotatable bonds is 1. The quantitative estimate of drug-likeness (QED) is 0.741. The van der Waals surface area contributed by atoms with Crippen LogP contribution in [0.15, 0.2) is 18.2 Å². The fourth-order valence-corrected chi connectivity index (χ4v) is 2.51. The molecule has 2 aliphatic rings. The highest BCUT2D eigenvalue weighted by Crippen LogP contribution is 2.26. The highest BCUT2D eigenvalue weighted by Gasteiger charge is 2.22. The lowest BCUT2D eigenvalue weighted by molar-refractivity contribution is 0.0664. The van der Waals surface area contributed by atoms with Gasteiger partial charge in [-0.25, -0.2) is 0 Å². The monoisotopic (exact) mass is 246 g/mol. The molecule has 4 nitrogen and oxygen atoms in total. The number of amides is 1. The van der Waals surface area contributed by atoms with E-state index in [0.717, 1.165) is 56.1 Å². The molecule has 4 heteroatoms. The number of likely N-dealkylation sites (N-methyl/N-ethyl adjacent to an activating group) is 1. The summed E-state index contributed by atoms with van der Waals surface area (Å²) in [5, 5.41) is 0. The molecule has 1 fully saturated rings. The maximum absolute atomic E-state index is 12.4. The number of nitrogens with zero attached hydrogens (tertiary/aromatic N) is 2. The van der Waals surface area contributed by atoms with Crippen LogP contribution in [0, 0.1) is 0 Å². The van der Waals surface area contributed by atoms with Crippen LogP contribution in [0.1, 0.15) is 15.9 Å². The molecule has 0 N–H and O–H groups in total. The second kappa shape index (κ2) is 4.61. The fourth-order valence-electron chi connectivity index (χ4n) is 2.51. The molecule has 96 valence electrons. The van der Waals surface area contributed by atoms with E-state index in [4.69, 9.17) is 4.74 Å². The molecule has 1 saturated heterocycles. The van der Waals surface area contributed by atoms with Crippen molar-refractivity contribution in [2.24, 2.45) is 0 Å². The Kier molecular flexibility index (Phi) is 2.96. The summed E-state index contributed by atoms with van der Waals surface area (Å²) in [7, 11) is 2.09. The molecular weight excluding hydrogens is 228 g/mol. The molecule has 2 aliphatic heterocycles. The van der Waals surface area contributed by atoms with Crippen molar-refractivity contribution < 1.29 is 9.53 Å². The number of hydrogen-bond acceptors (Lipinski definition) is 3. The average molecular weight is 246 g/mol. The average Bonchev–Trinajstić information content (AvgIpc) is 2.86. The zero-order chi connectivity index (χ0) is 12.5. The van der Waals surface area contributed by atoms with E-state index in [9.17, 15) is 4.79 Å². The van der Waals surface area contributed by atoms with Crippen LogP contribution in [-0.4, -0.2) is 55.5 Å². The van der Waals surface area contributed by atoms with Gasteiger partial charge in [0.15, 0.2) is 0 Å². The largest absolute Gasteiger partial charge is 0.493 e. The van der Waals surface area contributed by atoms with Crippen molar-refractivity contribution in [1.82, 2.24) is 9.80 Å². The first-order valence-electron chi connectivity index (χ1n) is 6.47. The molecule has 1 aromatic carbocycles. The summed E-state index contributed by atoms with van der Waals surface area (Å²) < 4.78 is 5.46. The van der Waals surface area contributed by atoms with E-state index in [-0.39, 0.29) is 5.91 Å². The summed E-state index contributed by atoms with van der Waals surface area (Å²) in [5.41, 5.74) is 1.96. The highest BCUT2D eigenvalue weighted by molar-refractivity contribution is 5.94. The summed E-state index contributed by atoms with van der Waals surface area (Å²) in [6, 6.07) is 5.79. The molecule has 0 aromatic heterocycles. The standard InChI is InChI=1S/C14H18N2O2/c1-15-5-7-16(8-6-15)14(17)12-2-3-13-11(10-12)4-9-18-13/h2-3,10H,4-9H2,1H3. The molecule has 0 saturated carbocycles. The Morgan fingerprint density at radius 1 is 1.22 bits per heavy atom. The first-order chi connectivity index (χ1) is 8.74. The van der Waals surface area contributed by atoms with E-state index < -0.39 is 0 Å². The van der Waals surface area contributed by atoms with Crippen molar-refractivity contribution >= 4 is 5.91 Å². The van der Waals surface area contributed by atoms with Gasteiger partial charge in [0.25, 0.3) is 5.91 Å². The van der Waals surface area contributed by atoms with Crippen molar-refractivity contribution in [1.29, 1.82) is 0 Å². The van der Waals surface area contributed by atoms with Crippen LogP contribution >= 0.6 is 0 Å². The Labute approximate surface area is 107 Å². The molecule has 1 amide bonds. The second-order valence-corrected chi connectivity index (χ2v) is 5.02. The van der Waals surface area contributed by atoms with Crippen LogP contribution in [0.5, 0.6) is 5.75 Å². The summed E-state index contributed by atoms with van der Waals surface area (Å²) in [6.07, 6.45) is 0.916. The molecule has 0 atom stereocenters. The number of hydrogen-bond donors (Lipinski definition) is 0. The predicted molar refractivity (Wildman–Crippen MR) is 69.0 cm³/mol. The van der Waals surface area contributed by atoms with Gasteiger partial charge in [-0.05, 0) is 30.8 Å². The number of benzene rings is 1. The highest BCUT2D eigenvalue weighted by atomic mass is 16.5. The Balaban J connectivity index is 1.76. The van der Waals surface area contributed by atoms with Crippen LogP contribution in [0.4, 0.5) is 0 Å². The van der Waals surface area contributed by atoms with E-state index >= 15 is 0 Å². The van der Waals surface area contributed by atoms with Crippen LogP contribution in [0.2, 0.25) is 0 Å². The Morgan fingerprint density at radius 3 is 2.78 bits per heavy atom. The SMILES string of the molecule is CN1CCN(C(=O)c2ccc3c(c2)CCO3)CC1. The molecule has 0 aliphatic carbocycles. The van der Waals surface area contributed by atoms with Crippen LogP contribution < -0.4 is 4.74 Å². The molecule has 0 bridgehead atoms. The summed E-state index contributed by atoms with van der Waals surface area (Å²) in [6.45, 7) is 4.30. The maximum Gasteiger partial charge on any atom is 0.253 e. The summed E-state index contributed by atoms with van der Waals surface area (Å²) in [5.74, 6) is 1.09. The summed E-state index contributed by atoms with van der Waals surface area (Å²) in [4.78, 5) is 16.6. The smallest absolute Gasteiger partial charge is 0.253 e. The minimum absolute atomic E-state index is 0.151. The van der Waals surface area contributed by atoms with Gasteiger partial charge in [0.1, 0.15) is 5.75 Å². The van der Waals surface area contributed by atoms with Gasteiger partial charge in [0.05, 0.1) is 6.61 Å². The first-order valence-corrected chi connectivity index (χ1v) is 6.47. The lowest BCUT2D eigenvalue weighted by Crippen LogP contribution is -2.47. The topological polar surface area (TPSA) is 32.8 Å². The molecule has 1 aromatic rings. The molecule has 3 rings (SSSR count). The van der Waals surface area contributed by atoms with Gasteiger partial charge in [-0.1, -0.05) is 0 Å². The zero-order valence-electron chi connectivity index (χ0n) is 10.7. The molecule has 2 heterocycles. The van der Waals surface area contributed by atoms with E-state index in [1.165, 1.54) is 0 Å². The van der Waals surface area contributed by atoms with Gasteiger partial charge in [-0.2, -0.15) is 0 Å². The number of fused-ring (bicyclic) bond motifs is 1. The van der Waals surface area contributed by atoms with Crippen molar-refractivity contribution in [2.75, 3.05) is 39.8 Å². The van der Waals surface area contributed by atoms with Gasteiger partial charge in [-0.3, -0.25) is 4.79 Å². The number of piperazine rings is 1. The molecule has 18 heavy (non-hydrogen) atoms. The van der Waals surface area contributed by atoms with E-state index in [1.807, 2.05) is 23.1 Å². The lowest BCUT2D eigenvalue weighted by atomic mass is 10.1. The molecule has 0 spiro atoms. The normalized spacial score (nSPS) is 19.5. The van der Waals surface area contributed by atoms with Gasteiger partial charge in [-0.15, -0.1) is 0 Å². The maximum atomic E-state index is 12.4. The predicted octanol–water partition coefficient (Wildman–Crippen LogP) is 1.01. The van der Waals surface area contributed by atoms with Crippen LogP contribution in [0.3, 0.4) is 0 Å². The van der Waals surface area contributed by atoms with Crippen molar-refractivity contribution in [3.05, 3.63) is 29.3 Å². The van der Waals surface area contributed by atoms with Crippen LogP contribution in [-0.2, 0) is 6.42 Å². The number of ether oxygens (including phenoxy) is 1. The Hall–Kier alpha value is -1.55. The number of carbonyl (C=O) groups excluding carboxylic acids is 1. The van der Waals surface area contributed by atoms with E-state index in [2.05, 4.69) is 11.9 Å². The second-order valence-electron chi connectivity index (χ2n) is 5.02. The minimum Gasteiger partial charge on any atom is -0.493 e. The van der Waals surface area contributed by atoms with Crippen LogP contribution in [0.25, 0.3) is 0 Å². The van der Waals surface area contributed by atoms with Gasteiger partial charge in [0.2, 0.25) is 0 Å².